The number of aliphatic hydroxyl groups is 2. The Morgan fingerprint density at radius 1 is 0.522 bits per heavy atom. The highest BCUT2D eigenvalue weighted by molar-refractivity contribution is 5.67. The Morgan fingerprint density at radius 3 is 1.32 bits per heavy atom. The molecule has 4 aliphatic heterocycles. The first kappa shape index (κ1) is 66.8. The molecule has 512 valence electrons. The predicted molar refractivity (Wildman–Crippen MR) is 346 cm³/mol. The molecule has 28 atom stereocenters. The second kappa shape index (κ2) is 22.9. The number of aliphatic hydroxyl groups excluding tert-OH is 2. The zero-order valence-corrected chi connectivity index (χ0v) is 59.3. The standard InChI is InChI=1S/C38H63NO6.C37H62N2O6/c1-22(2)30(45-33(41)39(8)9)24-20-23(3)29-31(43-24)32(40)36(7)26-14-13-25-34(4,5)27(44-28-12-10-11-19-42-28)15-16-37(25)21-38(26,37)18-17-35(29,36)6;1-21(2)29(45-32(41)39(8)9)23-18-22(3)28-30(43-23)31(40)35(7)25-11-10-24-33(4,5)26(44-27-19-38-16-17-42-27)12-13-36(24)20-37(25,36)15-14-34(28,35)6/h22-32,40H,10-21H2,1-9H3;21-31,38,40H,10-20H2,1-9H3/t23-,24-,25+,26+,27?,28+,29+,30-,31+,32+,35-,36-,37?,38+;22-,23-,24+,25+,26?,27+,28+,29-,30+,31+,34-,35-,36?,37+/m11/s1. The van der Waals surface area contributed by atoms with Crippen LogP contribution in [0.25, 0.3) is 0 Å². The number of nitrogens with zero attached hydrogens (tertiary/aromatic N) is 2. The molecular formula is C75H125N3O12. The Balaban J connectivity index is 0.000000165. The quantitative estimate of drug-likeness (QED) is 0.177. The highest BCUT2D eigenvalue weighted by Gasteiger charge is 2.87. The second-order valence-corrected chi connectivity index (χ2v) is 36.6. The van der Waals surface area contributed by atoms with Crippen LogP contribution >= 0.6 is 0 Å². The highest BCUT2D eigenvalue weighted by atomic mass is 16.7. The van der Waals surface area contributed by atoms with E-state index in [1.54, 1.807) is 28.2 Å². The van der Waals surface area contributed by atoms with E-state index in [1.807, 2.05) is 0 Å². The summed E-state index contributed by atoms with van der Waals surface area (Å²) in [7, 11) is 6.92. The molecule has 90 heavy (non-hydrogen) atoms. The fraction of sp³-hybridized carbons (Fsp3) is 0.973. The van der Waals surface area contributed by atoms with Crippen molar-refractivity contribution >= 4 is 12.2 Å². The molecule has 4 spiro atoms. The second-order valence-electron chi connectivity index (χ2n) is 36.6. The van der Waals surface area contributed by atoms with Crippen LogP contribution in [-0.2, 0) is 37.9 Å². The predicted octanol–water partition coefficient (Wildman–Crippen LogP) is 13.3. The van der Waals surface area contributed by atoms with Gasteiger partial charge in [-0.15, -0.1) is 0 Å². The van der Waals surface area contributed by atoms with Crippen LogP contribution < -0.4 is 5.32 Å². The van der Waals surface area contributed by atoms with Crippen LogP contribution in [0.3, 0.4) is 0 Å². The molecule has 10 aliphatic carbocycles. The average Bonchev–Trinajstić information content (AvgIpc) is 1.46. The maximum Gasteiger partial charge on any atom is 0.409 e. The summed E-state index contributed by atoms with van der Waals surface area (Å²) in [5.74, 6) is 3.97. The Bertz CT molecular complexity index is 2480. The molecule has 0 aromatic carbocycles. The van der Waals surface area contributed by atoms with Crippen molar-refractivity contribution in [1.82, 2.24) is 15.1 Å². The molecule has 15 heteroatoms. The van der Waals surface area contributed by atoms with Gasteiger partial charge in [0.1, 0.15) is 12.2 Å². The molecule has 4 saturated heterocycles. The monoisotopic (exact) mass is 1260 g/mol. The average molecular weight is 1260 g/mol. The van der Waals surface area contributed by atoms with Gasteiger partial charge in [0.25, 0.3) is 0 Å². The fourth-order valence-corrected chi connectivity index (χ4v) is 27.1. The summed E-state index contributed by atoms with van der Waals surface area (Å²) in [6, 6.07) is 0. The Labute approximate surface area is 543 Å². The van der Waals surface area contributed by atoms with Crippen LogP contribution in [0.15, 0.2) is 0 Å². The van der Waals surface area contributed by atoms with Gasteiger partial charge in [-0.3, -0.25) is 0 Å². The molecule has 0 radical (unpaired) electrons. The first-order valence-electron chi connectivity index (χ1n) is 37.0. The van der Waals surface area contributed by atoms with Crippen molar-refractivity contribution in [2.45, 2.75) is 293 Å². The SMILES string of the molecule is CC(C)[C@@H](OC(=O)N(C)C)[C@H]1C[C@@H](C)[C@H]2[C@H](O1)[C@H](O)[C@@]1(C)[C@@H]3CC[C@H]4C(C)(C)C(O[C@H]5CCCCO5)CCC45C[C@@]35CC[C@]21C.CC(C)[C@@H](OC(=O)N(C)C)[C@H]1C[C@@H](C)[C@H]2[C@H](O1)[C@H](O)[C@@]1(C)[C@@H]3CC[C@H]4C(C)(C)C(O[C@H]5CNCCO5)CCC45C[C@@]35CC[C@]21C. The third kappa shape index (κ3) is 9.38. The first-order chi connectivity index (χ1) is 42.3. The maximum atomic E-state index is 12.6. The van der Waals surface area contributed by atoms with E-state index < -0.39 is 12.2 Å². The van der Waals surface area contributed by atoms with E-state index in [1.165, 1.54) is 86.8 Å². The lowest BCUT2D eigenvalue weighted by Gasteiger charge is -2.64. The maximum absolute atomic E-state index is 12.6. The zero-order valence-electron chi connectivity index (χ0n) is 59.3. The number of nitrogens with one attached hydrogen (secondary N) is 1. The van der Waals surface area contributed by atoms with Gasteiger partial charge < -0.3 is 63.2 Å². The van der Waals surface area contributed by atoms with E-state index in [-0.39, 0.29) is 118 Å². The third-order valence-electron chi connectivity index (χ3n) is 31.4. The van der Waals surface area contributed by atoms with Crippen LogP contribution in [0.1, 0.15) is 219 Å². The van der Waals surface area contributed by atoms with Crippen molar-refractivity contribution in [3.05, 3.63) is 0 Å². The van der Waals surface area contributed by atoms with Crippen molar-refractivity contribution in [1.29, 1.82) is 0 Å². The topological polar surface area (TPSA) is 167 Å². The van der Waals surface area contributed by atoms with Crippen molar-refractivity contribution in [3.8, 4) is 0 Å². The van der Waals surface area contributed by atoms with E-state index in [9.17, 15) is 19.8 Å². The number of hydrogen-bond donors (Lipinski definition) is 3. The number of morpholine rings is 1. The number of carbonyl (C=O) groups is 2. The Kier molecular flexibility index (Phi) is 17.0. The summed E-state index contributed by atoms with van der Waals surface area (Å²) >= 11 is 0. The zero-order chi connectivity index (χ0) is 64.6. The van der Waals surface area contributed by atoms with Crippen molar-refractivity contribution in [2.75, 3.05) is 54.5 Å². The van der Waals surface area contributed by atoms with Gasteiger partial charge in [0.15, 0.2) is 12.6 Å². The third-order valence-corrected chi connectivity index (χ3v) is 31.4. The summed E-state index contributed by atoms with van der Waals surface area (Å²) in [5.41, 5.74) is 1.24. The van der Waals surface area contributed by atoms with Crippen LogP contribution in [0.2, 0.25) is 0 Å². The van der Waals surface area contributed by atoms with E-state index in [2.05, 4.69) is 102 Å². The van der Waals surface area contributed by atoms with Crippen LogP contribution in [0.4, 0.5) is 9.59 Å². The van der Waals surface area contributed by atoms with Gasteiger partial charge >= 0.3 is 12.2 Å². The summed E-state index contributed by atoms with van der Waals surface area (Å²) in [5, 5.41) is 28.6. The van der Waals surface area contributed by atoms with E-state index >= 15 is 0 Å². The Morgan fingerprint density at radius 2 is 0.933 bits per heavy atom. The number of hydrogen-bond acceptors (Lipinski definition) is 13. The van der Waals surface area contributed by atoms with Crippen molar-refractivity contribution < 1.29 is 57.7 Å². The molecule has 15 nitrogen and oxygen atoms in total. The first-order valence-corrected chi connectivity index (χ1v) is 37.0. The number of amides is 2. The normalized spacial score (nSPS) is 52.0. The molecule has 0 aromatic heterocycles. The Hall–Kier alpha value is -1.82. The summed E-state index contributed by atoms with van der Waals surface area (Å²) in [4.78, 5) is 28.3. The number of fused-ring (bicyclic) bond motifs is 8. The highest BCUT2D eigenvalue weighted by Crippen LogP contribution is 2.91. The lowest BCUT2D eigenvalue weighted by atomic mass is 9.41. The van der Waals surface area contributed by atoms with Gasteiger partial charge in [-0.1, -0.05) is 96.9 Å². The number of ether oxygens (including phenoxy) is 8. The van der Waals surface area contributed by atoms with Gasteiger partial charge in [0.2, 0.25) is 0 Å². The minimum absolute atomic E-state index is 0.0167. The molecule has 14 fully saturated rings. The van der Waals surface area contributed by atoms with E-state index in [4.69, 9.17) is 37.9 Å². The number of carbonyl (C=O) groups excluding carboxylic acids is 2. The van der Waals surface area contributed by atoms with E-state index in [0.29, 0.717) is 69.0 Å². The summed E-state index contributed by atoms with van der Waals surface area (Å²) < 4.78 is 51.5. The molecule has 14 aliphatic rings. The van der Waals surface area contributed by atoms with Gasteiger partial charge in [0, 0.05) is 58.7 Å². The molecule has 0 aromatic rings. The summed E-state index contributed by atoms with van der Waals surface area (Å²) in [6.45, 7) is 36.3. The molecule has 4 heterocycles. The number of rotatable bonds is 10. The lowest BCUT2D eigenvalue weighted by molar-refractivity contribution is -0.242. The van der Waals surface area contributed by atoms with Gasteiger partial charge in [-0.2, -0.15) is 0 Å². The van der Waals surface area contributed by atoms with Gasteiger partial charge in [0.05, 0.1) is 55.4 Å². The van der Waals surface area contributed by atoms with Gasteiger partial charge in [-0.25, -0.2) is 9.59 Å². The molecule has 3 N–H and O–H groups in total. The minimum atomic E-state index is -0.518. The molecule has 14 rings (SSSR count). The molecule has 4 unspecified atom stereocenters. The van der Waals surface area contributed by atoms with E-state index in [0.717, 1.165) is 71.2 Å². The van der Waals surface area contributed by atoms with Crippen LogP contribution in [-0.4, -0.2) is 160 Å². The minimum Gasteiger partial charge on any atom is -0.443 e. The molecular weight excluding hydrogens is 1130 g/mol. The fourth-order valence-electron chi connectivity index (χ4n) is 27.1. The molecule has 2 amide bonds. The summed E-state index contributed by atoms with van der Waals surface area (Å²) in [6.07, 6.45) is 19.3. The smallest absolute Gasteiger partial charge is 0.409 e. The lowest BCUT2D eigenvalue weighted by Crippen LogP contribution is -2.60. The van der Waals surface area contributed by atoms with Gasteiger partial charge in [-0.05, 0) is 224 Å². The van der Waals surface area contributed by atoms with Crippen molar-refractivity contribution in [3.63, 3.8) is 0 Å². The molecule has 0 bridgehead atoms. The van der Waals surface area contributed by atoms with Crippen molar-refractivity contribution in [2.24, 2.45) is 113 Å². The van der Waals surface area contributed by atoms with Crippen LogP contribution in [0, 0.1) is 113 Å². The molecule has 10 saturated carbocycles. The van der Waals surface area contributed by atoms with Crippen LogP contribution in [0.5, 0.6) is 0 Å². The largest absolute Gasteiger partial charge is 0.443 e.